The fourth-order valence-corrected chi connectivity index (χ4v) is 1.65. The lowest BCUT2D eigenvalue weighted by molar-refractivity contribution is 0.482. The van der Waals surface area contributed by atoms with Crippen LogP contribution in [0.3, 0.4) is 0 Å². The molecule has 78 valence electrons. The molecule has 0 fully saturated rings. The number of halogens is 4. The zero-order valence-corrected chi connectivity index (χ0v) is 10.2. The van der Waals surface area contributed by atoms with Crippen molar-refractivity contribution in [2.75, 3.05) is 5.33 Å². The predicted molar refractivity (Wildman–Crippen MR) is 58.2 cm³/mol. The number of benzene rings is 1. The van der Waals surface area contributed by atoms with Crippen LogP contribution < -0.4 is 0 Å². The lowest BCUT2D eigenvalue weighted by atomic mass is 9.86. The number of hydrogen-bond donors (Lipinski definition) is 0. The third-order valence-corrected chi connectivity index (χ3v) is 3.75. The second kappa shape index (κ2) is 4.15. The Bertz CT molecular complexity index is 350. The molecule has 0 saturated heterocycles. The summed E-state index contributed by atoms with van der Waals surface area (Å²) in [7, 11) is 0. The van der Waals surface area contributed by atoms with Gasteiger partial charge in [-0.2, -0.15) is 0 Å². The van der Waals surface area contributed by atoms with Gasteiger partial charge in [0.1, 0.15) is 11.6 Å². The van der Waals surface area contributed by atoms with Gasteiger partial charge in [-0.3, -0.25) is 0 Å². The van der Waals surface area contributed by atoms with Crippen molar-refractivity contribution in [3.05, 3.63) is 34.4 Å². The largest absolute Gasteiger partial charge is 0.207 e. The highest BCUT2D eigenvalue weighted by Crippen LogP contribution is 2.32. The Balaban J connectivity index is 3.40. The minimum absolute atomic E-state index is 0.0295. The highest BCUT2D eigenvalue weighted by Gasteiger charge is 2.27. The van der Waals surface area contributed by atoms with Crippen molar-refractivity contribution in [3.8, 4) is 0 Å². The molecule has 0 spiro atoms. The monoisotopic (exact) mass is 282 g/mol. The van der Waals surface area contributed by atoms with Crippen LogP contribution in [-0.4, -0.2) is 5.33 Å². The Kier molecular flexibility index (Phi) is 3.53. The summed E-state index contributed by atoms with van der Waals surface area (Å²) in [6, 6.07) is 2.41. The highest BCUT2D eigenvalue weighted by atomic mass is 79.9. The maximum atomic E-state index is 13.6. The van der Waals surface area contributed by atoms with Crippen molar-refractivity contribution in [2.24, 2.45) is 0 Å². The zero-order valence-electron chi connectivity index (χ0n) is 7.87. The van der Waals surface area contributed by atoms with E-state index in [1.54, 1.807) is 13.8 Å². The van der Waals surface area contributed by atoms with Gasteiger partial charge in [0.15, 0.2) is 0 Å². The van der Waals surface area contributed by atoms with E-state index in [-0.39, 0.29) is 10.6 Å². The van der Waals surface area contributed by atoms with Gasteiger partial charge in [-0.05, 0) is 12.1 Å². The SMILES string of the molecule is CC(C)(CBr)c1c(F)ccc(Cl)c1F. The summed E-state index contributed by atoms with van der Waals surface area (Å²) in [5.74, 6) is -1.23. The average Bonchev–Trinajstić information content (AvgIpc) is 2.12. The van der Waals surface area contributed by atoms with Gasteiger partial charge in [0.05, 0.1) is 5.02 Å². The minimum Gasteiger partial charge on any atom is -0.207 e. The summed E-state index contributed by atoms with van der Waals surface area (Å²) in [5.41, 5.74) is -0.583. The molecule has 0 aromatic heterocycles. The van der Waals surface area contributed by atoms with Crippen LogP contribution in [0.2, 0.25) is 5.02 Å². The maximum absolute atomic E-state index is 13.6. The van der Waals surface area contributed by atoms with Gasteiger partial charge in [0, 0.05) is 16.3 Å². The van der Waals surface area contributed by atoms with Crippen LogP contribution in [0.25, 0.3) is 0 Å². The molecule has 0 heterocycles. The normalized spacial score (nSPS) is 11.9. The Hall–Kier alpha value is -0.150. The third-order valence-electron chi connectivity index (χ3n) is 2.05. The molecule has 0 N–H and O–H groups in total. The quantitative estimate of drug-likeness (QED) is 0.561. The molecule has 0 unspecified atom stereocenters. The molecule has 0 aliphatic heterocycles. The van der Waals surface area contributed by atoms with Gasteiger partial charge in [-0.1, -0.05) is 41.4 Å². The minimum atomic E-state index is -0.670. The van der Waals surface area contributed by atoms with Crippen LogP contribution in [0.4, 0.5) is 8.78 Å². The molecular weight excluding hydrogens is 273 g/mol. The van der Waals surface area contributed by atoms with Gasteiger partial charge in [0.25, 0.3) is 0 Å². The fraction of sp³-hybridized carbons (Fsp3) is 0.400. The van der Waals surface area contributed by atoms with E-state index in [4.69, 9.17) is 11.6 Å². The number of alkyl halides is 1. The molecule has 0 nitrogen and oxygen atoms in total. The van der Waals surface area contributed by atoms with Crippen molar-refractivity contribution >= 4 is 27.5 Å². The first-order valence-electron chi connectivity index (χ1n) is 4.10. The first kappa shape index (κ1) is 11.9. The summed E-state index contributed by atoms with van der Waals surface area (Å²) in [4.78, 5) is 0. The van der Waals surface area contributed by atoms with Gasteiger partial charge >= 0.3 is 0 Å². The average molecular weight is 284 g/mol. The maximum Gasteiger partial charge on any atom is 0.148 e. The fourth-order valence-electron chi connectivity index (χ4n) is 1.21. The smallest absolute Gasteiger partial charge is 0.148 e. The van der Waals surface area contributed by atoms with Crippen molar-refractivity contribution in [2.45, 2.75) is 19.3 Å². The molecule has 0 bridgehead atoms. The van der Waals surface area contributed by atoms with Crippen LogP contribution in [0, 0.1) is 11.6 Å². The molecule has 0 radical (unpaired) electrons. The van der Waals surface area contributed by atoms with Crippen LogP contribution in [-0.2, 0) is 5.41 Å². The van der Waals surface area contributed by atoms with E-state index >= 15 is 0 Å². The lowest BCUT2D eigenvalue weighted by Crippen LogP contribution is -2.22. The topological polar surface area (TPSA) is 0 Å². The molecule has 4 heteroatoms. The van der Waals surface area contributed by atoms with E-state index in [0.717, 1.165) is 0 Å². The Morgan fingerprint density at radius 3 is 2.43 bits per heavy atom. The molecule has 0 atom stereocenters. The zero-order chi connectivity index (χ0) is 10.9. The molecule has 1 aromatic carbocycles. The first-order valence-corrected chi connectivity index (χ1v) is 5.60. The summed E-state index contributed by atoms with van der Waals surface area (Å²) >= 11 is 8.82. The molecule has 0 amide bonds. The molecule has 14 heavy (non-hydrogen) atoms. The third kappa shape index (κ3) is 2.09. The molecular formula is C10H10BrClF2. The van der Waals surface area contributed by atoms with Crippen LogP contribution in [0.15, 0.2) is 12.1 Å². The van der Waals surface area contributed by atoms with Crippen LogP contribution in [0.1, 0.15) is 19.4 Å². The first-order chi connectivity index (χ1) is 6.40. The molecule has 0 aliphatic rings. The van der Waals surface area contributed by atoms with Crippen LogP contribution in [0.5, 0.6) is 0 Å². The Labute approximate surface area is 95.4 Å². The number of hydrogen-bond acceptors (Lipinski definition) is 0. The van der Waals surface area contributed by atoms with E-state index in [0.29, 0.717) is 5.33 Å². The summed E-state index contributed by atoms with van der Waals surface area (Å²) in [6.07, 6.45) is 0. The van der Waals surface area contributed by atoms with Crippen LogP contribution >= 0.6 is 27.5 Å². The molecule has 0 aliphatic carbocycles. The summed E-state index contributed by atoms with van der Waals surface area (Å²) in [5, 5.41) is 0.421. The van der Waals surface area contributed by atoms with Gasteiger partial charge < -0.3 is 0 Å². The predicted octanol–water partition coefficient (Wildman–Crippen LogP) is 4.29. The second-order valence-corrected chi connectivity index (χ2v) is 4.70. The van der Waals surface area contributed by atoms with E-state index < -0.39 is 17.0 Å². The standard InChI is InChI=1S/C10H10BrClF2/c1-10(2,5-11)8-7(13)4-3-6(12)9(8)14/h3-4H,5H2,1-2H3. The van der Waals surface area contributed by atoms with E-state index in [9.17, 15) is 8.78 Å². The van der Waals surface area contributed by atoms with E-state index in [2.05, 4.69) is 15.9 Å². The molecule has 1 rings (SSSR count). The summed E-state index contributed by atoms with van der Waals surface area (Å²) in [6.45, 7) is 3.50. The second-order valence-electron chi connectivity index (χ2n) is 3.74. The number of rotatable bonds is 2. The summed E-state index contributed by atoms with van der Waals surface area (Å²) < 4.78 is 26.9. The van der Waals surface area contributed by atoms with Crippen molar-refractivity contribution in [1.82, 2.24) is 0 Å². The van der Waals surface area contributed by atoms with E-state index in [1.165, 1.54) is 12.1 Å². The van der Waals surface area contributed by atoms with Crippen molar-refractivity contribution in [1.29, 1.82) is 0 Å². The Morgan fingerprint density at radius 1 is 1.36 bits per heavy atom. The van der Waals surface area contributed by atoms with E-state index in [1.807, 2.05) is 0 Å². The van der Waals surface area contributed by atoms with Gasteiger partial charge in [0.2, 0.25) is 0 Å². The highest BCUT2D eigenvalue weighted by molar-refractivity contribution is 9.09. The Morgan fingerprint density at radius 2 is 1.93 bits per heavy atom. The molecule has 1 aromatic rings. The van der Waals surface area contributed by atoms with Gasteiger partial charge in [-0.25, -0.2) is 8.78 Å². The van der Waals surface area contributed by atoms with Crippen molar-refractivity contribution < 1.29 is 8.78 Å². The van der Waals surface area contributed by atoms with Gasteiger partial charge in [-0.15, -0.1) is 0 Å². The lowest BCUT2D eigenvalue weighted by Gasteiger charge is -2.23. The van der Waals surface area contributed by atoms with Crippen molar-refractivity contribution in [3.63, 3.8) is 0 Å². The molecule has 0 saturated carbocycles.